The first-order valence-electron chi connectivity index (χ1n) is 11.8. The summed E-state index contributed by atoms with van der Waals surface area (Å²) in [5.41, 5.74) is 5.07. The Bertz CT molecular complexity index is 1430. The zero-order chi connectivity index (χ0) is 25.4. The fourth-order valence-electron chi connectivity index (χ4n) is 5.15. The quantitative estimate of drug-likeness (QED) is 0.404. The van der Waals surface area contributed by atoms with Crippen LogP contribution in [0, 0.1) is 6.92 Å². The predicted molar refractivity (Wildman–Crippen MR) is 143 cm³/mol. The predicted octanol–water partition coefficient (Wildman–Crippen LogP) is 6.70. The first-order chi connectivity index (χ1) is 17.3. The van der Waals surface area contributed by atoms with Crippen molar-refractivity contribution in [2.75, 3.05) is 5.32 Å². The van der Waals surface area contributed by atoms with E-state index in [1.54, 1.807) is 18.3 Å². The van der Waals surface area contributed by atoms with Gasteiger partial charge in [-0.15, -0.1) is 0 Å². The van der Waals surface area contributed by atoms with Crippen molar-refractivity contribution < 1.29 is 9.59 Å². The Morgan fingerprint density at radius 3 is 2.53 bits per heavy atom. The number of pyridine rings is 1. The van der Waals surface area contributed by atoms with Crippen molar-refractivity contribution in [1.29, 1.82) is 0 Å². The summed E-state index contributed by atoms with van der Waals surface area (Å²) >= 11 is 13.1. The second-order valence-electron chi connectivity index (χ2n) is 9.19. The van der Waals surface area contributed by atoms with Crippen LogP contribution >= 0.6 is 23.2 Å². The van der Waals surface area contributed by atoms with Crippen LogP contribution in [0.3, 0.4) is 0 Å². The molecule has 1 aromatic heterocycles. The summed E-state index contributed by atoms with van der Waals surface area (Å²) in [6.07, 6.45) is 2.64. The van der Waals surface area contributed by atoms with Crippen LogP contribution in [0.1, 0.15) is 48.3 Å². The van der Waals surface area contributed by atoms with E-state index >= 15 is 0 Å². The molecule has 0 spiro atoms. The zero-order valence-electron chi connectivity index (χ0n) is 19.9. The van der Waals surface area contributed by atoms with Crippen molar-refractivity contribution in [2.24, 2.45) is 0 Å². The fourth-order valence-corrected chi connectivity index (χ4v) is 5.56. The van der Waals surface area contributed by atoms with Crippen LogP contribution in [0.5, 0.6) is 0 Å². The zero-order valence-corrected chi connectivity index (χ0v) is 21.5. The van der Waals surface area contributed by atoms with Crippen molar-refractivity contribution in [3.05, 3.63) is 116 Å². The maximum Gasteiger partial charge on any atom is 0.255 e. The number of benzene rings is 2. The van der Waals surface area contributed by atoms with Crippen LogP contribution in [0.25, 0.3) is 0 Å². The highest BCUT2D eigenvalue weighted by atomic mass is 35.5. The molecule has 1 aliphatic heterocycles. The molecule has 2 atom stereocenters. The maximum absolute atomic E-state index is 13.7. The SMILES string of the molecule is CC1=C(C(=O)Nc2ncccc2C)[C@H](c2cccc(Cl)c2Cl)C2=C(C[C@@H](c3ccccc3)CC2=O)N1. The van der Waals surface area contributed by atoms with Crippen LogP contribution in [0.2, 0.25) is 10.0 Å². The number of ketones is 1. The Morgan fingerprint density at radius 2 is 1.78 bits per heavy atom. The van der Waals surface area contributed by atoms with E-state index in [-0.39, 0.29) is 17.6 Å². The number of rotatable bonds is 4. The van der Waals surface area contributed by atoms with E-state index in [4.69, 9.17) is 23.2 Å². The van der Waals surface area contributed by atoms with E-state index in [0.717, 1.165) is 16.8 Å². The molecule has 2 heterocycles. The minimum absolute atomic E-state index is 0.00883. The number of nitrogens with zero attached hydrogens (tertiary/aromatic N) is 1. The van der Waals surface area contributed by atoms with Gasteiger partial charge in [-0.1, -0.05) is 71.7 Å². The molecule has 3 aromatic rings. The standard InChI is InChI=1S/C29H25Cl2N3O2/c1-16-8-7-13-32-28(16)34-29(36)24-17(2)33-22-14-19(18-9-4-3-5-10-18)15-23(35)26(22)25(24)20-11-6-12-21(30)27(20)31/h3-13,19,25,33H,14-15H2,1-2H3,(H,32,34,36)/t19-,25+/m1/s1. The second-order valence-corrected chi connectivity index (χ2v) is 9.98. The number of hydrogen-bond acceptors (Lipinski definition) is 4. The molecule has 182 valence electrons. The highest BCUT2D eigenvalue weighted by Crippen LogP contribution is 2.48. The lowest BCUT2D eigenvalue weighted by Gasteiger charge is -2.37. The molecule has 1 aliphatic carbocycles. The summed E-state index contributed by atoms with van der Waals surface area (Å²) in [5, 5.41) is 7.04. The van der Waals surface area contributed by atoms with E-state index in [1.165, 1.54) is 0 Å². The van der Waals surface area contributed by atoms with Crippen molar-refractivity contribution in [3.63, 3.8) is 0 Å². The van der Waals surface area contributed by atoms with Crippen molar-refractivity contribution in [1.82, 2.24) is 10.3 Å². The topological polar surface area (TPSA) is 71.1 Å². The van der Waals surface area contributed by atoms with Gasteiger partial charge in [0.1, 0.15) is 5.82 Å². The molecule has 5 nitrogen and oxygen atoms in total. The van der Waals surface area contributed by atoms with Crippen LogP contribution in [-0.2, 0) is 9.59 Å². The molecule has 5 rings (SSSR count). The molecule has 0 unspecified atom stereocenters. The van der Waals surface area contributed by atoms with Gasteiger partial charge in [0.25, 0.3) is 5.91 Å². The van der Waals surface area contributed by atoms with E-state index in [1.807, 2.05) is 50.2 Å². The third kappa shape index (κ3) is 4.45. The fraction of sp³-hybridized carbons (Fsp3) is 0.207. The number of Topliss-reactive ketones (excluding diaryl/α,β-unsaturated/α-hetero) is 1. The molecular weight excluding hydrogens is 493 g/mol. The van der Waals surface area contributed by atoms with E-state index in [0.29, 0.717) is 51.1 Å². The summed E-state index contributed by atoms with van der Waals surface area (Å²) in [5.74, 6) is -0.476. The molecule has 0 fully saturated rings. The monoisotopic (exact) mass is 517 g/mol. The first kappa shape index (κ1) is 24.3. The van der Waals surface area contributed by atoms with Gasteiger partial charge in [0, 0.05) is 41.1 Å². The number of carbonyl (C=O) groups excluding carboxylic acids is 2. The summed E-state index contributed by atoms with van der Waals surface area (Å²) in [6.45, 7) is 3.73. The molecular formula is C29H25Cl2N3O2. The average Bonchev–Trinajstić information content (AvgIpc) is 2.86. The summed E-state index contributed by atoms with van der Waals surface area (Å²) < 4.78 is 0. The number of carbonyl (C=O) groups is 2. The smallest absolute Gasteiger partial charge is 0.255 e. The maximum atomic E-state index is 13.7. The highest BCUT2D eigenvalue weighted by Gasteiger charge is 2.41. The summed E-state index contributed by atoms with van der Waals surface area (Å²) in [6, 6.07) is 19.1. The summed E-state index contributed by atoms with van der Waals surface area (Å²) in [4.78, 5) is 31.8. The molecule has 2 aromatic carbocycles. The van der Waals surface area contributed by atoms with Gasteiger partial charge in [-0.2, -0.15) is 0 Å². The molecule has 0 saturated heterocycles. The van der Waals surface area contributed by atoms with Crippen molar-refractivity contribution in [3.8, 4) is 0 Å². The van der Waals surface area contributed by atoms with Crippen LogP contribution < -0.4 is 10.6 Å². The molecule has 2 N–H and O–H groups in total. The van der Waals surface area contributed by atoms with Gasteiger partial charge in [-0.25, -0.2) is 4.98 Å². The number of aromatic nitrogens is 1. The van der Waals surface area contributed by atoms with Gasteiger partial charge < -0.3 is 10.6 Å². The lowest BCUT2D eigenvalue weighted by atomic mass is 9.71. The number of nitrogens with one attached hydrogen (secondary N) is 2. The van der Waals surface area contributed by atoms with Gasteiger partial charge in [0.2, 0.25) is 0 Å². The normalized spacial score (nSPS) is 19.6. The Labute approximate surface area is 220 Å². The third-order valence-electron chi connectivity index (χ3n) is 6.88. The summed E-state index contributed by atoms with van der Waals surface area (Å²) in [7, 11) is 0. The number of aryl methyl sites for hydroxylation is 1. The number of dihydropyridines is 1. The van der Waals surface area contributed by atoms with Crippen molar-refractivity contribution >= 4 is 40.7 Å². The van der Waals surface area contributed by atoms with Gasteiger partial charge >= 0.3 is 0 Å². The highest BCUT2D eigenvalue weighted by molar-refractivity contribution is 6.42. The number of amides is 1. The van der Waals surface area contributed by atoms with E-state index in [2.05, 4.69) is 27.8 Å². The molecule has 0 bridgehead atoms. The van der Waals surface area contributed by atoms with Gasteiger partial charge in [-0.05, 0) is 55.0 Å². The Hall–Kier alpha value is -3.41. The Morgan fingerprint density at radius 1 is 1.00 bits per heavy atom. The molecule has 1 amide bonds. The first-order valence-corrected chi connectivity index (χ1v) is 12.6. The van der Waals surface area contributed by atoms with Gasteiger partial charge in [0.05, 0.1) is 10.0 Å². The largest absolute Gasteiger partial charge is 0.362 e. The second kappa shape index (κ2) is 9.92. The third-order valence-corrected chi connectivity index (χ3v) is 7.71. The van der Waals surface area contributed by atoms with Crippen LogP contribution in [-0.4, -0.2) is 16.7 Å². The molecule has 2 aliphatic rings. The number of halogens is 2. The van der Waals surface area contributed by atoms with E-state index in [9.17, 15) is 9.59 Å². The number of allylic oxidation sites excluding steroid dienone is 3. The average molecular weight is 518 g/mol. The molecule has 7 heteroatoms. The van der Waals surface area contributed by atoms with Crippen LogP contribution in [0.15, 0.2) is 89.4 Å². The minimum atomic E-state index is -0.652. The van der Waals surface area contributed by atoms with E-state index < -0.39 is 5.92 Å². The molecule has 0 saturated carbocycles. The van der Waals surface area contributed by atoms with Crippen molar-refractivity contribution in [2.45, 2.75) is 38.5 Å². The molecule has 0 radical (unpaired) electrons. The lowest BCUT2D eigenvalue weighted by Crippen LogP contribution is -2.37. The Balaban J connectivity index is 1.61. The Kier molecular flexibility index (Phi) is 6.69. The van der Waals surface area contributed by atoms with Gasteiger partial charge in [-0.3, -0.25) is 9.59 Å². The number of hydrogen-bond donors (Lipinski definition) is 2. The lowest BCUT2D eigenvalue weighted by molar-refractivity contribution is -0.116. The number of anilines is 1. The van der Waals surface area contributed by atoms with Crippen LogP contribution in [0.4, 0.5) is 5.82 Å². The van der Waals surface area contributed by atoms with Gasteiger partial charge in [0.15, 0.2) is 5.78 Å². The minimum Gasteiger partial charge on any atom is -0.362 e. The molecule has 36 heavy (non-hydrogen) atoms.